The molecule has 6 heteroatoms. The normalized spacial score (nSPS) is 16.9. The maximum absolute atomic E-state index is 11.5. The van der Waals surface area contributed by atoms with E-state index >= 15 is 0 Å². The Labute approximate surface area is 55.5 Å². The van der Waals surface area contributed by atoms with Gasteiger partial charge in [0.05, 0.1) is 6.10 Å². The van der Waals surface area contributed by atoms with Crippen LogP contribution in [-0.2, 0) is 4.79 Å². The van der Waals surface area contributed by atoms with E-state index in [1.54, 1.807) is 0 Å². The van der Waals surface area contributed by atoms with Gasteiger partial charge in [-0.2, -0.15) is 0 Å². The standard InChI is InChI=1S/C4H7F2NO3/c1-2(8)3(4(9)10)7(5)6/h2-3,8H,1H3,(H,9,10). The lowest BCUT2D eigenvalue weighted by atomic mass is 10.2. The van der Waals surface area contributed by atoms with Crippen LogP contribution >= 0.6 is 0 Å². The highest BCUT2D eigenvalue weighted by Crippen LogP contribution is 2.05. The summed E-state index contributed by atoms with van der Waals surface area (Å²) in [4.78, 5) is 9.90. The Bertz CT molecular complexity index is 120. The molecule has 0 aliphatic heterocycles. The van der Waals surface area contributed by atoms with E-state index in [4.69, 9.17) is 10.2 Å². The molecule has 2 unspecified atom stereocenters. The molecule has 0 saturated carbocycles. The first kappa shape index (κ1) is 9.25. The van der Waals surface area contributed by atoms with Gasteiger partial charge in [-0.25, -0.2) is 0 Å². The van der Waals surface area contributed by atoms with E-state index < -0.39 is 23.5 Å². The van der Waals surface area contributed by atoms with Crippen LogP contribution in [0.5, 0.6) is 0 Å². The van der Waals surface area contributed by atoms with Gasteiger partial charge in [0, 0.05) is 5.34 Å². The van der Waals surface area contributed by atoms with Gasteiger partial charge in [0.1, 0.15) is 0 Å². The fourth-order valence-corrected chi connectivity index (χ4v) is 0.453. The van der Waals surface area contributed by atoms with Crippen LogP contribution < -0.4 is 0 Å². The minimum absolute atomic E-state index is 0.977. The summed E-state index contributed by atoms with van der Waals surface area (Å²) in [7, 11) is 0. The molecule has 2 N–H and O–H groups in total. The summed E-state index contributed by atoms with van der Waals surface area (Å²) >= 11 is 0. The Hall–Kier alpha value is -0.750. The summed E-state index contributed by atoms with van der Waals surface area (Å²) in [6, 6.07) is -2.14. The molecule has 2 atom stereocenters. The Kier molecular flexibility index (Phi) is 3.17. The SMILES string of the molecule is CC(O)C(C(=O)O)N(F)F. The first-order valence-corrected chi connectivity index (χ1v) is 2.48. The lowest BCUT2D eigenvalue weighted by Gasteiger charge is -2.13. The molecule has 60 valence electrons. The van der Waals surface area contributed by atoms with E-state index in [1.807, 2.05) is 0 Å². The third-order valence-corrected chi connectivity index (χ3v) is 0.920. The molecule has 0 fully saturated rings. The van der Waals surface area contributed by atoms with Crippen molar-refractivity contribution >= 4 is 5.97 Å². The summed E-state index contributed by atoms with van der Waals surface area (Å²) in [6.45, 7) is 0.977. The van der Waals surface area contributed by atoms with Crippen LogP contribution in [-0.4, -0.2) is 33.7 Å². The minimum Gasteiger partial charge on any atom is -0.480 e. The number of carboxylic acids is 1. The molecule has 0 radical (unpaired) electrons. The Balaban J connectivity index is 4.12. The van der Waals surface area contributed by atoms with E-state index in [9.17, 15) is 13.8 Å². The molecule has 0 heterocycles. The fraction of sp³-hybridized carbons (Fsp3) is 0.750. The second-order valence-electron chi connectivity index (χ2n) is 1.78. The minimum atomic E-state index is -2.14. The second-order valence-corrected chi connectivity index (χ2v) is 1.78. The van der Waals surface area contributed by atoms with E-state index in [1.165, 1.54) is 0 Å². The van der Waals surface area contributed by atoms with Crippen LogP contribution in [0.25, 0.3) is 0 Å². The predicted octanol–water partition coefficient (Wildman–Crippen LogP) is -0.109. The summed E-state index contributed by atoms with van der Waals surface area (Å²) in [5.74, 6) is -1.75. The molecular formula is C4H7F2NO3. The molecule has 0 aliphatic rings. The van der Waals surface area contributed by atoms with E-state index in [-0.39, 0.29) is 0 Å². The van der Waals surface area contributed by atoms with Crippen molar-refractivity contribution in [2.45, 2.75) is 19.1 Å². The van der Waals surface area contributed by atoms with Gasteiger partial charge in [-0.3, -0.25) is 4.79 Å². The maximum Gasteiger partial charge on any atom is 0.329 e. The molecule has 0 rings (SSSR count). The fourth-order valence-electron chi connectivity index (χ4n) is 0.453. The topological polar surface area (TPSA) is 60.8 Å². The third kappa shape index (κ3) is 2.24. The summed E-state index contributed by atoms with van der Waals surface area (Å²) in [5, 5.41) is 14.9. The van der Waals surface area contributed by atoms with Crippen molar-refractivity contribution in [2.75, 3.05) is 0 Å². The molecule has 0 spiro atoms. The van der Waals surface area contributed by atoms with Crippen LogP contribution in [0.3, 0.4) is 0 Å². The van der Waals surface area contributed by atoms with Gasteiger partial charge in [-0.15, -0.1) is 8.96 Å². The Morgan fingerprint density at radius 1 is 1.60 bits per heavy atom. The largest absolute Gasteiger partial charge is 0.480 e. The highest BCUT2D eigenvalue weighted by Gasteiger charge is 2.31. The molecule has 10 heavy (non-hydrogen) atoms. The number of halogens is 2. The lowest BCUT2D eigenvalue weighted by Crippen LogP contribution is -2.39. The lowest BCUT2D eigenvalue weighted by molar-refractivity contribution is -0.216. The molecule has 0 aliphatic carbocycles. The number of carbonyl (C=O) groups is 1. The smallest absolute Gasteiger partial charge is 0.329 e. The van der Waals surface area contributed by atoms with Gasteiger partial charge in [-0.1, -0.05) is 0 Å². The van der Waals surface area contributed by atoms with Crippen LogP contribution in [0.2, 0.25) is 0 Å². The third-order valence-electron chi connectivity index (χ3n) is 0.920. The number of aliphatic hydroxyl groups is 1. The number of aliphatic carboxylic acids is 1. The summed E-state index contributed by atoms with van der Waals surface area (Å²) < 4.78 is 23.0. The van der Waals surface area contributed by atoms with Gasteiger partial charge < -0.3 is 10.2 Å². The quantitative estimate of drug-likeness (QED) is 0.558. The zero-order valence-corrected chi connectivity index (χ0v) is 5.16. The second kappa shape index (κ2) is 3.43. The molecule has 0 aromatic rings. The number of hydrogen-bond donors (Lipinski definition) is 2. The van der Waals surface area contributed by atoms with E-state index in [2.05, 4.69) is 0 Å². The van der Waals surface area contributed by atoms with Crippen molar-refractivity contribution < 1.29 is 24.0 Å². The van der Waals surface area contributed by atoms with Crippen LogP contribution in [0.4, 0.5) is 8.96 Å². The monoisotopic (exact) mass is 155 g/mol. The van der Waals surface area contributed by atoms with E-state index in [0.717, 1.165) is 6.92 Å². The first-order valence-electron chi connectivity index (χ1n) is 2.48. The van der Waals surface area contributed by atoms with E-state index in [0.29, 0.717) is 0 Å². The number of hydrogen-bond acceptors (Lipinski definition) is 3. The number of carboxylic acid groups (broad SMARTS) is 1. The van der Waals surface area contributed by atoms with Crippen molar-refractivity contribution in [3.8, 4) is 0 Å². The first-order chi connectivity index (χ1) is 4.46. The molecule has 0 aromatic heterocycles. The predicted molar refractivity (Wildman–Crippen MR) is 27.2 cm³/mol. The van der Waals surface area contributed by atoms with Crippen LogP contribution in [0.1, 0.15) is 6.92 Å². The zero-order valence-electron chi connectivity index (χ0n) is 5.16. The average molecular weight is 155 g/mol. The number of aliphatic hydroxyl groups excluding tert-OH is 1. The summed E-state index contributed by atoms with van der Waals surface area (Å²) in [6.07, 6.45) is -1.59. The summed E-state index contributed by atoms with van der Waals surface area (Å²) in [5.41, 5.74) is 0. The zero-order chi connectivity index (χ0) is 8.31. The van der Waals surface area contributed by atoms with Gasteiger partial charge in [0.25, 0.3) is 0 Å². The van der Waals surface area contributed by atoms with Crippen molar-refractivity contribution in [3.05, 3.63) is 0 Å². The van der Waals surface area contributed by atoms with Crippen LogP contribution in [0.15, 0.2) is 0 Å². The average Bonchev–Trinajstić information content (AvgIpc) is 1.59. The van der Waals surface area contributed by atoms with Crippen molar-refractivity contribution in [2.24, 2.45) is 0 Å². The van der Waals surface area contributed by atoms with Gasteiger partial charge in [-0.05, 0) is 6.92 Å². The molecule has 4 nitrogen and oxygen atoms in total. The molecule has 0 saturated heterocycles. The molecular weight excluding hydrogens is 148 g/mol. The maximum atomic E-state index is 11.5. The number of rotatable bonds is 3. The highest BCUT2D eigenvalue weighted by molar-refractivity contribution is 5.73. The number of nitrogens with zero attached hydrogens (tertiary/aromatic N) is 1. The van der Waals surface area contributed by atoms with Gasteiger partial charge >= 0.3 is 5.97 Å². The van der Waals surface area contributed by atoms with Crippen molar-refractivity contribution in [1.82, 2.24) is 5.34 Å². The Morgan fingerprint density at radius 2 is 2.00 bits per heavy atom. The Morgan fingerprint density at radius 3 is 2.00 bits per heavy atom. The molecule has 0 aromatic carbocycles. The van der Waals surface area contributed by atoms with Gasteiger partial charge in [0.2, 0.25) is 0 Å². The van der Waals surface area contributed by atoms with Crippen LogP contribution in [0, 0.1) is 0 Å². The van der Waals surface area contributed by atoms with Gasteiger partial charge in [0.15, 0.2) is 6.04 Å². The molecule has 0 amide bonds. The highest BCUT2D eigenvalue weighted by atomic mass is 19.4. The van der Waals surface area contributed by atoms with Crippen molar-refractivity contribution in [3.63, 3.8) is 0 Å². The molecule has 0 bridgehead atoms. The van der Waals surface area contributed by atoms with Crippen molar-refractivity contribution in [1.29, 1.82) is 0 Å².